The number of benzene rings is 2. The number of aromatic nitrogens is 5. The van der Waals surface area contributed by atoms with Gasteiger partial charge in [0.1, 0.15) is 23.0 Å². The molecule has 0 bridgehead atoms. The van der Waals surface area contributed by atoms with Gasteiger partial charge in [0.25, 0.3) is 0 Å². The Hall–Kier alpha value is -4.18. The fourth-order valence-corrected chi connectivity index (χ4v) is 4.87. The topological polar surface area (TPSA) is 122 Å². The van der Waals surface area contributed by atoms with Crippen LogP contribution in [0, 0.1) is 20.8 Å². The number of nitrogens with two attached hydrogens (primary N) is 1. The van der Waals surface area contributed by atoms with E-state index in [0.717, 1.165) is 17.1 Å². The Morgan fingerprint density at radius 2 is 1.84 bits per heavy atom. The summed E-state index contributed by atoms with van der Waals surface area (Å²) in [6.07, 6.45) is 0. The number of esters is 1. The molecule has 0 saturated carbocycles. The molecule has 5 aromatic rings. The van der Waals surface area contributed by atoms with Gasteiger partial charge in [-0.05, 0) is 51.0 Å². The van der Waals surface area contributed by atoms with Gasteiger partial charge in [-0.15, -0.1) is 10.2 Å². The highest BCUT2D eigenvalue weighted by molar-refractivity contribution is 7.98. The molecule has 0 fully saturated rings. The molecule has 37 heavy (non-hydrogen) atoms. The van der Waals surface area contributed by atoms with Gasteiger partial charge in [0.15, 0.2) is 11.0 Å². The van der Waals surface area contributed by atoms with Gasteiger partial charge < -0.3 is 14.9 Å². The molecule has 0 spiro atoms. The van der Waals surface area contributed by atoms with Gasteiger partial charge in [-0.25, -0.2) is 9.78 Å². The first-order valence-corrected chi connectivity index (χ1v) is 12.8. The van der Waals surface area contributed by atoms with Crippen LogP contribution in [0.25, 0.3) is 28.2 Å². The molecule has 0 atom stereocenters. The van der Waals surface area contributed by atoms with Crippen LogP contribution in [0.3, 0.4) is 0 Å². The minimum Gasteiger partial charge on any atom is -0.462 e. The lowest BCUT2D eigenvalue weighted by molar-refractivity contribution is 0.0526. The first-order chi connectivity index (χ1) is 17.9. The Balaban J connectivity index is 1.51. The summed E-state index contributed by atoms with van der Waals surface area (Å²) >= 11 is 1.44. The van der Waals surface area contributed by atoms with Crippen molar-refractivity contribution in [3.05, 3.63) is 76.8 Å². The van der Waals surface area contributed by atoms with Crippen LogP contribution in [0.2, 0.25) is 0 Å². The van der Waals surface area contributed by atoms with Crippen molar-refractivity contribution < 1.29 is 13.9 Å². The average molecular weight is 515 g/mol. The summed E-state index contributed by atoms with van der Waals surface area (Å²) in [6, 6.07) is 16.2. The highest BCUT2D eigenvalue weighted by atomic mass is 32.2. The van der Waals surface area contributed by atoms with Crippen molar-refractivity contribution in [1.82, 2.24) is 24.7 Å². The summed E-state index contributed by atoms with van der Waals surface area (Å²) in [6.45, 7) is 7.83. The molecule has 10 heteroatoms. The maximum absolute atomic E-state index is 12.4. The number of anilines is 1. The quantitative estimate of drug-likeness (QED) is 0.223. The highest BCUT2D eigenvalue weighted by Crippen LogP contribution is 2.32. The van der Waals surface area contributed by atoms with Crippen molar-refractivity contribution in [1.29, 1.82) is 0 Å². The van der Waals surface area contributed by atoms with Crippen molar-refractivity contribution in [2.24, 2.45) is 0 Å². The molecular weight excluding hydrogens is 488 g/mol. The van der Waals surface area contributed by atoms with E-state index in [1.165, 1.54) is 22.9 Å². The van der Waals surface area contributed by atoms with E-state index in [2.05, 4.69) is 52.2 Å². The molecule has 0 saturated heterocycles. The summed E-state index contributed by atoms with van der Waals surface area (Å²) in [5, 5.41) is 10.0. The number of nitrogen functional groups attached to an aromatic ring is 1. The Kier molecular flexibility index (Phi) is 6.66. The van der Waals surface area contributed by atoms with Gasteiger partial charge in [0.2, 0.25) is 5.71 Å². The van der Waals surface area contributed by atoms with Gasteiger partial charge in [0, 0.05) is 5.56 Å². The van der Waals surface area contributed by atoms with E-state index in [0.29, 0.717) is 27.9 Å². The van der Waals surface area contributed by atoms with Crippen molar-refractivity contribution in [3.63, 3.8) is 0 Å². The minimum absolute atomic E-state index is 0.168. The number of nitrogens with zero attached hydrogens (tertiary/aromatic N) is 5. The molecule has 2 N–H and O–H groups in total. The molecule has 0 unspecified atom stereocenters. The first-order valence-electron chi connectivity index (χ1n) is 11.8. The van der Waals surface area contributed by atoms with Crippen LogP contribution in [0.4, 0.5) is 5.82 Å². The zero-order valence-electron chi connectivity index (χ0n) is 21.0. The molecule has 5 rings (SSSR count). The molecule has 3 aromatic heterocycles. The van der Waals surface area contributed by atoms with E-state index in [-0.39, 0.29) is 23.7 Å². The number of hydrogen-bond donors (Lipinski definition) is 1. The molecule has 188 valence electrons. The predicted octanol–water partition coefficient (Wildman–Crippen LogP) is 5.45. The van der Waals surface area contributed by atoms with Crippen molar-refractivity contribution in [3.8, 4) is 17.1 Å². The Labute approximate surface area is 218 Å². The lowest BCUT2D eigenvalue weighted by Gasteiger charge is -2.12. The van der Waals surface area contributed by atoms with Crippen molar-refractivity contribution in [2.45, 2.75) is 38.6 Å². The van der Waals surface area contributed by atoms with Gasteiger partial charge >= 0.3 is 5.97 Å². The maximum Gasteiger partial charge on any atom is 0.342 e. The van der Waals surface area contributed by atoms with E-state index < -0.39 is 5.97 Å². The second-order valence-electron chi connectivity index (χ2n) is 8.52. The smallest absolute Gasteiger partial charge is 0.342 e. The van der Waals surface area contributed by atoms with Crippen LogP contribution in [0.15, 0.2) is 58.1 Å². The number of hydrogen-bond acceptors (Lipinski definition) is 9. The molecule has 3 heterocycles. The number of furan rings is 1. The number of ether oxygens (including phenoxy) is 1. The van der Waals surface area contributed by atoms with E-state index in [4.69, 9.17) is 14.9 Å². The number of thioether (sulfide) groups is 1. The molecular formula is C27H26N6O3S. The second kappa shape index (κ2) is 10.1. The first kappa shape index (κ1) is 24.5. The highest BCUT2D eigenvalue weighted by Gasteiger charge is 2.24. The molecule has 0 aliphatic rings. The van der Waals surface area contributed by atoms with Gasteiger partial charge in [0.05, 0.1) is 23.4 Å². The summed E-state index contributed by atoms with van der Waals surface area (Å²) < 4.78 is 12.9. The number of rotatable bonds is 7. The van der Waals surface area contributed by atoms with E-state index in [1.807, 2.05) is 34.9 Å². The lowest BCUT2D eigenvalue weighted by Crippen LogP contribution is -2.07. The molecule has 0 aliphatic carbocycles. The third kappa shape index (κ3) is 4.67. The monoisotopic (exact) mass is 514 g/mol. The Morgan fingerprint density at radius 1 is 1.05 bits per heavy atom. The normalized spacial score (nSPS) is 11.2. The fourth-order valence-electron chi connectivity index (χ4n) is 4.06. The molecule has 0 amide bonds. The zero-order chi connectivity index (χ0) is 26.1. The number of carbonyl (C=O) groups excluding carboxylic acids is 1. The molecule has 0 aliphatic heterocycles. The summed E-state index contributed by atoms with van der Waals surface area (Å²) in [7, 11) is 0. The summed E-state index contributed by atoms with van der Waals surface area (Å²) in [5.74, 6) is 1.61. The van der Waals surface area contributed by atoms with E-state index in [1.54, 1.807) is 13.8 Å². The van der Waals surface area contributed by atoms with Crippen LogP contribution < -0.4 is 5.73 Å². The molecule has 2 aromatic carbocycles. The predicted molar refractivity (Wildman–Crippen MR) is 143 cm³/mol. The standard InChI is InChI=1S/C27H26N6O3S/c1-5-35-26(34)21-17(4)36-25-22(21)23(28)29-20(30-25)14-37-27-32-31-24(18-9-7-6-8-10-18)33(27)19-12-11-15(2)16(3)13-19/h6-13H,5,14H2,1-4H3,(H2,28,29,30). The van der Waals surface area contributed by atoms with Crippen molar-refractivity contribution >= 4 is 34.6 Å². The van der Waals surface area contributed by atoms with Gasteiger partial charge in [-0.2, -0.15) is 4.98 Å². The van der Waals surface area contributed by atoms with Crippen LogP contribution in [0.1, 0.15) is 40.0 Å². The largest absolute Gasteiger partial charge is 0.462 e. The number of carbonyl (C=O) groups is 1. The van der Waals surface area contributed by atoms with Crippen LogP contribution in [0.5, 0.6) is 0 Å². The van der Waals surface area contributed by atoms with E-state index >= 15 is 0 Å². The molecule has 0 radical (unpaired) electrons. The van der Waals surface area contributed by atoms with Crippen molar-refractivity contribution in [2.75, 3.05) is 12.3 Å². The third-order valence-electron chi connectivity index (χ3n) is 6.03. The van der Waals surface area contributed by atoms with E-state index in [9.17, 15) is 4.79 Å². The summed E-state index contributed by atoms with van der Waals surface area (Å²) in [4.78, 5) is 21.4. The van der Waals surface area contributed by atoms with Crippen LogP contribution >= 0.6 is 11.8 Å². The van der Waals surface area contributed by atoms with Crippen LogP contribution in [-0.4, -0.2) is 37.3 Å². The average Bonchev–Trinajstić information content (AvgIpc) is 3.46. The lowest BCUT2D eigenvalue weighted by atomic mass is 10.1. The Bertz CT molecular complexity index is 1610. The fraction of sp³-hybridized carbons (Fsp3) is 0.222. The van der Waals surface area contributed by atoms with Gasteiger partial charge in [-0.1, -0.05) is 48.2 Å². The maximum atomic E-state index is 12.4. The minimum atomic E-state index is -0.508. The zero-order valence-corrected chi connectivity index (χ0v) is 21.8. The SMILES string of the molecule is CCOC(=O)c1c(C)oc2nc(CSc3nnc(-c4ccccc4)n3-c3ccc(C)c(C)c3)nc(N)c12. The second-order valence-corrected chi connectivity index (χ2v) is 9.47. The summed E-state index contributed by atoms with van der Waals surface area (Å²) in [5.41, 5.74) is 11.1. The molecule has 9 nitrogen and oxygen atoms in total. The third-order valence-corrected chi connectivity index (χ3v) is 6.95. The number of fused-ring (bicyclic) bond motifs is 1. The Morgan fingerprint density at radius 3 is 2.57 bits per heavy atom. The van der Waals surface area contributed by atoms with Crippen LogP contribution in [-0.2, 0) is 10.5 Å². The number of aryl methyl sites for hydroxylation is 3. The van der Waals surface area contributed by atoms with Gasteiger partial charge in [-0.3, -0.25) is 4.57 Å².